The molecule has 0 bridgehead atoms. The van der Waals surface area contributed by atoms with Gasteiger partial charge in [-0.3, -0.25) is 9.59 Å². The van der Waals surface area contributed by atoms with Gasteiger partial charge in [-0.2, -0.15) is 0 Å². The minimum absolute atomic E-state index is 0.0456. The highest BCUT2D eigenvalue weighted by atomic mass is 16.6. The Morgan fingerprint density at radius 2 is 1.83 bits per heavy atom. The van der Waals surface area contributed by atoms with Crippen molar-refractivity contribution in [2.45, 2.75) is 45.4 Å². The van der Waals surface area contributed by atoms with Crippen LogP contribution in [0.2, 0.25) is 0 Å². The summed E-state index contributed by atoms with van der Waals surface area (Å²) >= 11 is 0. The molecule has 3 aromatic rings. The first kappa shape index (κ1) is 29.1. The molecule has 0 radical (unpaired) electrons. The Labute approximate surface area is 244 Å². The maximum atomic E-state index is 14.0. The smallest absolute Gasteiger partial charge is 0.336 e. The number of fused-ring (bicyclic) bond motifs is 1. The fraction of sp³-hybridized carbons (Fsp3) is 0.364. The number of methoxy groups -OCH3 is 1. The van der Waals surface area contributed by atoms with Crippen molar-refractivity contribution in [1.29, 1.82) is 0 Å². The van der Waals surface area contributed by atoms with E-state index in [2.05, 4.69) is 5.32 Å². The fourth-order valence-electron chi connectivity index (χ4n) is 5.78. The lowest BCUT2D eigenvalue weighted by Gasteiger charge is -2.36. The summed E-state index contributed by atoms with van der Waals surface area (Å²) in [6, 6.07) is 12.6. The SMILES string of the molecule is CCOCCOC(=O)C1=C(C)NC2=C(C(=O)C[C@@H](c3ccc(OCC)c(OC)c3)C2)[C@H]1c1coc2ccccc2c1=O. The maximum absolute atomic E-state index is 14.0. The number of dihydropyridines is 1. The Bertz CT molecular complexity index is 1630. The summed E-state index contributed by atoms with van der Waals surface area (Å²) < 4.78 is 27.9. The van der Waals surface area contributed by atoms with Crippen LogP contribution in [0.5, 0.6) is 11.5 Å². The first-order valence-electron chi connectivity index (χ1n) is 14.2. The van der Waals surface area contributed by atoms with E-state index >= 15 is 0 Å². The van der Waals surface area contributed by atoms with Gasteiger partial charge in [0, 0.05) is 35.6 Å². The third-order valence-corrected chi connectivity index (χ3v) is 7.69. The number of rotatable bonds is 10. The van der Waals surface area contributed by atoms with E-state index in [0.29, 0.717) is 59.1 Å². The minimum Gasteiger partial charge on any atom is -0.493 e. The lowest BCUT2D eigenvalue weighted by Crippen LogP contribution is -2.37. The van der Waals surface area contributed by atoms with Crippen LogP contribution in [0.3, 0.4) is 0 Å². The molecular weight excluding hydrogens is 538 g/mol. The number of ketones is 1. The van der Waals surface area contributed by atoms with Crippen molar-refractivity contribution < 1.29 is 33.0 Å². The summed E-state index contributed by atoms with van der Waals surface area (Å²) in [5, 5.41) is 3.69. The van der Waals surface area contributed by atoms with Gasteiger partial charge in [0.1, 0.15) is 12.2 Å². The second-order valence-electron chi connectivity index (χ2n) is 10.2. The summed E-state index contributed by atoms with van der Waals surface area (Å²) in [4.78, 5) is 41.3. The molecule has 220 valence electrons. The molecule has 1 N–H and O–H groups in total. The number of nitrogens with one attached hydrogen (secondary N) is 1. The molecule has 9 heteroatoms. The number of para-hydroxylation sites is 1. The molecule has 2 atom stereocenters. The molecule has 1 aromatic heterocycles. The second kappa shape index (κ2) is 12.7. The van der Waals surface area contributed by atoms with Crippen molar-refractivity contribution in [3.8, 4) is 11.5 Å². The number of esters is 1. The van der Waals surface area contributed by atoms with E-state index in [-0.39, 0.29) is 47.9 Å². The quantitative estimate of drug-likeness (QED) is 0.260. The molecule has 5 rings (SSSR count). The van der Waals surface area contributed by atoms with Gasteiger partial charge in [-0.25, -0.2) is 4.79 Å². The molecule has 2 aromatic carbocycles. The van der Waals surface area contributed by atoms with Gasteiger partial charge in [0.05, 0.1) is 43.5 Å². The van der Waals surface area contributed by atoms with Crippen LogP contribution < -0.4 is 20.2 Å². The molecule has 2 aliphatic rings. The number of allylic oxidation sites excluding steroid dienone is 3. The van der Waals surface area contributed by atoms with E-state index in [0.717, 1.165) is 5.56 Å². The number of benzene rings is 2. The van der Waals surface area contributed by atoms with E-state index in [4.69, 9.17) is 23.4 Å². The monoisotopic (exact) mass is 573 g/mol. The Balaban J connectivity index is 1.57. The first-order valence-corrected chi connectivity index (χ1v) is 14.2. The van der Waals surface area contributed by atoms with Crippen LogP contribution in [0.15, 0.2) is 80.5 Å². The summed E-state index contributed by atoms with van der Waals surface area (Å²) in [5.41, 5.74) is 3.06. The lowest BCUT2D eigenvalue weighted by molar-refractivity contribution is -0.140. The highest BCUT2D eigenvalue weighted by molar-refractivity contribution is 6.04. The van der Waals surface area contributed by atoms with Gasteiger partial charge in [0.25, 0.3) is 0 Å². The highest BCUT2D eigenvalue weighted by Crippen LogP contribution is 2.46. The topological polar surface area (TPSA) is 113 Å². The molecule has 9 nitrogen and oxygen atoms in total. The van der Waals surface area contributed by atoms with Crippen LogP contribution in [0.1, 0.15) is 56.6 Å². The predicted molar refractivity (Wildman–Crippen MR) is 157 cm³/mol. The van der Waals surface area contributed by atoms with Crippen LogP contribution in [0.4, 0.5) is 0 Å². The summed E-state index contributed by atoms with van der Waals surface area (Å²) in [6.45, 7) is 6.80. The zero-order valence-corrected chi connectivity index (χ0v) is 24.3. The third kappa shape index (κ3) is 5.56. The van der Waals surface area contributed by atoms with E-state index in [1.54, 1.807) is 38.3 Å². The van der Waals surface area contributed by atoms with Crippen LogP contribution in [-0.4, -0.2) is 45.3 Å². The third-order valence-electron chi connectivity index (χ3n) is 7.69. The second-order valence-corrected chi connectivity index (χ2v) is 10.2. The number of Topliss-reactive ketones (excluding diaryl/α,β-unsaturated/α-hetero) is 1. The molecule has 2 heterocycles. The van der Waals surface area contributed by atoms with Crippen molar-refractivity contribution in [3.05, 3.63) is 92.6 Å². The number of carbonyl (C=O) groups excluding carboxylic acids is 2. The van der Waals surface area contributed by atoms with Gasteiger partial charge in [-0.15, -0.1) is 0 Å². The van der Waals surface area contributed by atoms with Gasteiger partial charge in [0.15, 0.2) is 22.7 Å². The van der Waals surface area contributed by atoms with Gasteiger partial charge in [-0.1, -0.05) is 18.2 Å². The zero-order chi connectivity index (χ0) is 29.8. The highest BCUT2D eigenvalue weighted by Gasteiger charge is 2.43. The molecule has 1 aliphatic carbocycles. The van der Waals surface area contributed by atoms with Gasteiger partial charge in [-0.05, 0) is 62.9 Å². The van der Waals surface area contributed by atoms with Crippen molar-refractivity contribution >= 4 is 22.7 Å². The van der Waals surface area contributed by atoms with Crippen LogP contribution >= 0.6 is 0 Å². The van der Waals surface area contributed by atoms with Crippen molar-refractivity contribution in [2.75, 3.05) is 33.5 Å². The molecule has 42 heavy (non-hydrogen) atoms. The predicted octanol–water partition coefficient (Wildman–Crippen LogP) is 5.14. The fourth-order valence-corrected chi connectivity index (χ4v) is 5.78. The molecule has 0 fully saturated rings. The normalized spacial score (nSPS) is 18.5. The Hall–Kier alpha value is -4.37. The summed E-state index contributed by atoms with van der Waals surface area (Å²) in [7, 11) is 1.58. The molecular formula is C33H35NO8. The molecule has 0 saturated heterocycles. The molecule has 1 aliphatic heterocycles. The Morgan fingerprint density at radius 1 is 1.02 bits per heavy atom. The average Bonchev–Trinajstić information content (AvgIpc) is 2.99. The molecule has 0 spiro atoms. The van der Waals surface area contributed by atoms with E-state index in [9.17, 15) is 14.4 Å². The number of ether oxygens (including phenoxy) is 4. The lowest BCUT2D eigenvalue weighted by atomic mass is 9.72. The van der Waals surface area contributed by atoms with Crippen LogP contribution in [0.25, 0.3) is 11.0 Å². The average molecular weight is 574 g/mol. The number of hydrogen-bond acceptors (Lipinski definition) is 9. The zero-order valence-electron chi connectivity index (χ0n) is 24.3. The van der Waals surface area contributed by atoms with Crippen molar-refractivity contribution in [1.82, 2.24) is 5.32 Å². The van der Waals surface area contributed by atoms with E-state index < -0.39 is 11.9 Å². The number of carbonyl (C=O) groups is 2. The molecule has 0 amide bonds. The maximum Gasteiger partial charge on any atom is 0.336 e. The Kier molecular flexibility index (Phi) is 8.77. The minimum atomic E-state index is -0.940. The number of hydrogen-bond donors (Lipinski definition) is 1. The van der Waals surface area contributed by atoms with Gasteiger partial charge in [0.2, 0.25) is 0 Å². The Morgan fingerprint density at radius 3 is 2.60 bits per heavy atom. The van der Waals surface area contributed by atoms with Crippen LogP contribution in [-0.2, 0) is 19.1 Å². The summed E-state index contributed by atoms with van der Waals surface area (Å²) in [5.74, 6) is -0.630. The van der Waals surface area contributed by atoms with Crippen molar-refractivity contribution in [3.63, 3.8) is 0 Å². The summed E-state index contributed by atoms with van der Waals surface area (Å²) in [6.07, 6.45) is 2.05. The molecule has 0 saturated carbocycles. The van der Waals surface area contributed by atoms with E-state index in [1.807, 2.05) is 32.0 Å². The van der Waals surface area contributed by atoms with Gasteiger partial charge < -0.3 is 28.7 Å². The standard InChI is InChI=1S/C33H35NO8/c1-5-39-13-14-41-33(37)29-19(3)34-24-15-21(20-11-12-27(40-6-2)28(17-20)38-4)16-25(35)31(24)30(29)23-18-42-26-10-8-7-9-22(26)32(23)36/h7-12,17-18,21,30,34H,5-6,13-16H2,1-4H3/t21-,30-/m0/s1. The van der Waals surface area contributed by atoms with Crippen LogP contribution in [0, 0.1) is 0 Å². The first-order chi connectivity index (χ1) is 20.4. The van der Waals surface area contributed by atoms with Gasteiger partial charge >= 0.3 is 5.97 Å². The van der Waals surface area contributed by atoms with Crippen molar-refractivity contribution in [2.24, 2.45) is 0 Å². The van der Waals surface area contributed by atoms with E-state index in [1.165, 1.54) is 6.26 Å². The largest absolute Gasteiger partial charge is 0.493 e. The molecule has 0 unspecified atom stereocenters.